The molecule has 0 bridgehead atoms. The molecular weight excluding hydrogens is 350 g/mol. The molecule has 0 radical (unpaired) electrons. The average Bonchev–Trinajstić information content (AvgIpc) is 2.90. The number of aromatic hydroxyl groups is 1. The number of rotatable bonds is 4. The molecule has 0 fully saturated rings. The predicted molar refractivity (Wildman–Crippen MR) is 99.2 cm³/mol. The van der Waals surface area contributed by atoms with E-state index in [0.29, 0.717) is 11.1 Å². The maximum Gasteiger partial charge on any atom is 0.322 e. The molecule has 140 valence electrons. The highest BCUT2D eigenvalue weighted by atomic mass is 16.4. The van der Waals surface area contributed by atoms with Crippen LogP contribution in [0.4, 0.5) is 0 Å². The van der Waals surface area contributed by atoms with Gasteiger partial charge in [0.25, 0.3) is 11.5 Å². The summed E-state index contributed by atoms with van der Waals surface area (Å²) in [6, 6.07) is 9.51. The number of amides is 1. The van der Waals surface area contributed by atoms with Gasteiger partial charge in [0.1, 0.15) is 17.6 Å². The van der Waals surface area contributed by atoms with Crippen molar-refractivity contribution in [3.05, 3.63) is 57.5 Å². The van der Waals surface area contributed by atoms with Crippen molar-refractivity contribution in [2.24, 2.45) is 7.05 Å². The molecule has 2 aromatic heterocycles. The summed E-state index contributed by atoms with van der Waals surface area (Å²) < 4.78 is 2.79. The number of carbonyl (C=O) groups is 2. The lowest BCUT2D eigenvalue weighted by Crippen LogP contribution is -2.36. The van der Waals surface area contributed by atoms with Gasteiger partial charge in [0, 0.05) is 18.3 Å². The molecular formula is C19H19N3O5. The van der Waals surface area contributed by atoms with Gasteiger partial charge >= 0.3 is 5.97 Å². The summed E-state index contributed by atoms with van der Waals surface area (Å²) >= 11 is 0. The third kappa shape index (κ3) is 2.84. The van der Waals surface area contributed by atoms with Crippen LogP contribution < -0.4 is 10.9 Å². The Morgan fingerprint density at radius 2 is 1.78 bits per heavy atom. The summed E-state index contributed by atoms with van der Waals surface area (Å²) in [4.78, 5) is 35.7. The first-order valence-electron chi connectivity index (χ1n) is 8.25. The Morgan fingerprint density at radius 3 is 2.37 bits per heavy atom. The molecule has 0 aliphatic rings. The number of nitrogens with zero attached hydrogens (tertiary/aromatic N) is 2. The average molecular weight is 369 g/mol. The Balaban J connectivity index is 2.32. The Labute approximate surface area is 154 Å². The number of aromatic nitrogens is 2. The van der Waals surface area contributed by atoms with Gasteiger partial charge < -0.3 is 15.5 Å². The lowest BCUT2D eigenvalue weighted by Gasteiger charge is -2.12. The largest absolute Gasteiger partial charge is 0.505 e. The number of carboxylic acids is 1. The number of fused-ring (bicyclic) bond motifs is 1. The number of hydrogen-bond acceptors (Lipinski definition) is 4. The third-order valence-corrected chi connectivity index (χ3v) is 4.58. The molecule has 8 heteroatoms. The van der Waals surface area contributed by atoms with E-state index in [2.05, 4.69) is 5.32 Å². The van der Waals surface area contributed by atoms with Crippen molar-refractivity contribution in [1.82, 2.24) is 14.5 Å². The molecule has 3 rings (SSSR count). The summed E-state index contributed by atoms with van der Waals surface area (Å²) in [5.41, 5.74) is 2.34. The van der Waals surface area contributed by atoms with Gasteiger partial charge in [-0.25, -0.2) is 4.68 Å². The monoisotopic (exact) mass is 369 g/mol. The molecule has 3 N–H and O–H groups in total. The van der Waals surface area contributed by atoms with Crippen molar-refractivity contribution in [2.75, 3.05) is 6.54 Å². The Kier molecular flexibility index (Phi) is 4.49. The third-order valence-electron chi connectivity index (χ3n) is 4.58. The number of aliphatic carboxylic acids is 1. The van der Waals surface area contributed by atoms with Crippen LogP contribution in [0.5, 0.6) is 5.75 Å². The lowest BCUT2D eigenvalue weighted by molar-refractivity contribution is -0.135. The van der Waals surface area contributed by atoms with Gasteiger partial charge in [-0.15, -0.1) is 0 Å². The first kappa shape index (κ1) is 18.2. The first-order valence-corrected chi connectivity index (χ1v) is 8.25. The number of carboxylic acid groups (broad SMARTS) is 1. The molecule has 0 saturated carbocycles. The maximum atomic E-state index is 12.7. The van der Waals surface area contributed by atoms with Crippen molar-refractivity contribution >= 4 is 17.4 Å². The van der Waals surface area contributed by atoms with Crippen molar-refractivity contribution < 1.29 is 19.8 Å². The Hall–Kier alpha value is -3.55. The second-order valence-corrected chi connectivity index (χ2v) is 6.24. The Bertz CT molecular complexity index is 1130. The minimum atomic E-state index is -1.25. The fourth-order valence-electron chi connectivity index (χ4n) is 3.43. The minimum Gasteiger partial charge on any atom is -0.505 e. The van der Waals surface area contributed by atoms with Crippen LogP contribution in [0, 0.1) is 13.8 Å². The van der Waals surface area contributed by atoms with Crippen LogP contribution in [0.3, 0.4) is 0 Å². The summed E-state index contributed by atoms with van der Waals surface area (Å²) in [7, 11) is 1.49. The van der Waals surface area contributed by atoms with Gasteiger partial charge in [-0.05, 0) is 25.0 Å². The standard InChI is InChI=1S/C19H19N3O5/c1-10-14(12-7-5-4-6-8-12)11(2)22-16(10)17(25)15(19(27)21(22)3)18(26)20-9-13(23)24/h4-8,25H,9H2,1-3H3,(H,20,26)(H,23,24). The van der Waals surface area contributed by atoms with Gasteiger partial charge in [-0.2, -0.15) is 0 Å². The van der Waals surface area contributed by atoms with E-state index in [0.717, 1.165) is 16.8 Å². The van der Waals surface area contributed by atoms with E-state index in [4.69, 9.17) is 5.11 Å². The molecule has 27 heavy (non-hydrogen) atoms. The number of aryl methyl sites for hydroxylation is 3. The van der Waals surface area contributed by atoms with Crippen LogP contribution in [-0.4, -0.2) is 37.8 Å². The molecule has 0 saturated heterocycles. The van der Waals surface area contributed by atoms with Crippen LogP contribution >= 0.6 is 0 Å². The molecule has 0 aliphatic heterocycles. The number of benzene rings is 1. The second kappa shape index (κ2) is 6.64. The SMILES string of the molecule is Cc1c(-c2ccccc2)c(C)n2c1c(O)c(C(=O)NCC(=O)O)c(=O)n2C. The lowest BCUT2D eigenvalue weighted by atomic mass is 10.0. The summed E-state index contributed by atoms with van der Waals surface area (Å²) in [5, 5.41) is 21.6. The van der Waals surface area contributed by atoms with E-state index in [1.165, 1.54) is 11.7 Å². The number of hydrogen-bond donors (Lipinski definition) is 3. The first-order chi connectivity index (χ1) is 12.8. The van der Waals surface area contributed by atoms with Crippen LogP contribution in [0.15, 0.2) is 35.1 Å². The fraction of sp³-hybridized carbons (Fsp3) is 0.211. The number of carbonyl (C=O) groups excluding carboxylic acids is 1. The van der Waals surface area contributed by atoms with Crippen LogP contribution in [0.1, 0.15) is 21.6 Å². The molecule has 1 aromatic carbocycles. The molecule has 3 aromatic rings. The van der Waals surface area contributed by atoms with Crippen molar-refractivity contribution in [3.8, 4) is 16.9 Å². The zero-order chi connectivity index (χ0) is 19.9. The summed E-state index contributed by atoms with van der Waals surface area (Å²) in [6.07, 6.45) is 0. The van der Waals surface area contributed by atoms with Gasteiger partial charge in [0.2, 0.25) is 0 Å². The molecule has 0 atom stereocenters. The highest BCUT2D eigenvalue weighted by molar-refractivity contribution is 6.00. The molecule has 0 aliphatic carbocycles. The normalized spacial score (nSPS) is 10.9. The molecule has 1 amide bonds. The minimum absolute atomic E-state index is 0.328. The van der Waals surface area contributed by atoms with E-state index < -0.39 is 35.3 Å². The van der Waals surface area contributed by atoms with Crippen molar-refractivity contribution in [3.63, 3.8) is 0 Å². The summed E-state index contributed by atoms with van der Waals surface area (Å²) in [5.74, 6) is -2.65. The van der Waals surface area contributed by atoms with E-state index in [-0.39, 0.29) is 0 Å². The van der Waals surface area contributed by atoms with Crippen molar-refractivity contribution in [2.45, 2.75) is 13.8 Å². The fourth-order valence-corrected chi connectivity index (χ4v) is 3.43. The zero-order valence-electron chi connectivity index (χ0n) is 15.1. The summed E-state index contributed by atoms with van der Waals surface area (Å²) in [6.45, 7) is 2.97. The highest BCUT2D eigenvalue weighted by Crippen LogP contribution is 2.36. The second-order valence-electron chi connectivity index (χ2n) is 6.24. The van der Waals surface area contributed by atoms with Gasteiger partial charge in [0.05, 0.1) is 0 Å². The van der Waals surface area contributed by atoms with Gasteiger partial charge in [-0.1, -0.05) is 30.3 Å². The number of nitrogens with one attached hydrogen (secondary N) is 1. The zero-order valence-corrected chi connectivity index (χ0v) is 15.1. The maximum absolute atomic E-state index is 12.7. The molecule has 0 spiro atoms. The quantitative estimate of drug-likeness (QED) is 0.644. The van der Waals surface area contributed by atoms with E-state index >= 15 is 0 Å². The van der Waals surface area contributed by atoms with E-state index in [1.54, 1.807) is 11.4 Å². The van der Waals surface area contributed by atoms with Crippen LogP contribution in [0.2, 0.25) is 0 Å². The molecule has 0 unspecified atom stereocenters. The molecule has 8 nitrogen and oxygen atoms in total. The Morgan fingerprint density at radius 1 is 1.15 bits per heavy atom. The van der Waals surface area contributed by atoms with Crippen LogP contribution in [0.25, 0.3) is 16.6 Å². The predicted octanol–water partition coefficient (Wildman–Crippen LogP) is 1.44. The highest BCUT2D eigenvalue weighted by Gasteiger charge is 2.26. The molecule has 2 heterocycles. The van der Waals surface area contributed by atoms with E-state index in [9.17, 15) is 19.5 Å². The van der Waals surface area contributed by atoms with Crippen molar-refractivity contribution in [1.29, 1.82) is 0 Å². The smallest absolute Gasteiger partial charge is 0.322 e. The van der Waals surface area contributed by atoms with Crippen LogP contribution in [-0.2, 0) is 11.8 Å². The topological polar surface area (TPSA) is 113 Å². The van der Waals surface area contributed by atoms with Gasteiger partial charge in [0.15, 0.2) is 5.75 Å². The van der Waals surface area contributed by atoms with Gasteiger partial charge in [-0.3, -0.25) is 18.9 Å². The van der Waals surface area contributed by atoms with E-state index in [1.807, 2.05) is 37.3 Å².